The van der Waals surface area contributed by atoms with Crippen molar-refractivity contribution in [3.8, 4) is 0 Å². The van der Waals surface area contributed by atoms with Crippen molar-refractivity contribution in [1.29, 1.82) is 0 Å². The number of ether oxygens (including phenoxy) is 1. The van der Waals surface area contributed by atoms with Crippen LogP contribution < -0.4 is 10.5 Å². The zero-order chi connectivity index (χ0) is 17.0. The summed E-state index contributed by atoms with van der Waals surface area (Å²) in [5.41, 5.74) is 4.72. The standard InChI is InChI=1S/C14H21FN2O4S.ClH/c1-4-14(16,5-2)9-17-22(19,20)11-8-6-7-10(15)12(11)13(18)21-3;/h6-8,17H,4-5,9,16H2,1-3H3;1H. The van der Waals surface area contributed by atoms with E-state index < -0.39 is 37.8 Å². The topological polar surface area (TPSA) is 98.5 Å². The van der Waals surface area contributed by atoms with Crippen molar-refractivity contribution in [2.45, 2.75) is 37.1 Å². The molecule has 0 heterocycles. The Kier molecular flexibility index (Phi) is 8.13. The van der Waals surface area contributed by atoms with Crippen LogP contribution in [0.1, 0.15) is 37.0 Å². The van der Waals surface area contributed by atoms with Crippen molar-refractivity contribution in [2.75, 3.05) is 13.7 Å². The van der Waals surface area contributed by atoms with Crippen LogP contribution in [0.3, 0.4) is 0 Å². The van der Waals surface area contributed by atoms with Crippen LogP contribution in [0.5, 0.6) is 0 Å². The minimum Gasteiger partial charge on any atom is -0.465 e. The number of methoxy groups -OCH3 is 1. The van der Waals surface area contributed by atoms with Gasteiger partial charge in [-0.1, -0.05) is 19.9 Å². The van der Waals surface area contributed by atoms with E-state index in [-0.39, 0.29) is 19.0 Å². The van der Waals surface area contributed by atoms with Gasteiger partial charge in [0, 0.05) is 12.1 Å². The SMILES string of the molecule is CCC(N)(CC)CNS(=O)(=O)c1cccc(F)c1C(=O)OC.Cl. The van der Waals surface area contributed by atoms with Crippen LogP contribution in [0.4, 0.5) is 4.39 Å². The summed E-state index contributed by atoms with van der Waals surface area (Å²) in [5, 5.41) is 0. The van der Waals surface area contributed by atoms with Crippen LogP contribution in [0, 0.1) is 5.82 Å². The maximum absolute atomic E-state index is 13.8. The number of halogens is 2. The summed E-state index contributed by atoms with van der Waals surface area (Å²) in [5.74, 6) is -2.01. The van der Waals surface area contributed by atoms with E-state index in [0.717, 1.165) is 19.2 Å². The number of hydrogen-bond donors (Lipinski definition) is 2. The number of carbonyl (C=O) groups excluding carboxylic acids is 1. The van der Waals surface area contributed by atoms with Gasteiger partial charge in [-0.3, -0.25) is 0 Å². The second-order valence-electron chi connectivity index (χ2n) is 5.00. The summed E-state index contributed by atoms with van der Waals surface area (Å²) in [4.78, 5) is 11.2. The smallest absolute Gasteiger partial charge is 0.342 e. The third-order valence-electron chi connectivity index (χ3n) is 3.68. The van der Waals surface area contributed by atoms with Crippen molar-refractivity contribution in [3.63, 3.8) is 0 Å². The highest BCUT2D eigenvalue weighted by atomic mass is 35.5. The lowest BCUT2D eigenvalue weighted by molar-refractivity contribution is 0.0590. The number of sulfonamides is 1. The molecule has 1 aromatic carbocycles. The highest BCUT2D eigenvalue weighted by Crippen LogP contribution is 2.20. The Morgan fingerprint density at radius 1 is 1.35 bits per heavy atom. The Hall–Kier alpha value is -1.22. The molecule has 0 radical (unpaired) electrons. The molecule has 6 nitrogen and oxygen atoms in total. The predicted octanol–water partition coefficient (Wildman–Crippen LogP) is 1.83. The summed E-state index contributed by atoms with van der Waals surface area (Å²) in [6.45, 7) is 3.68. The van der Waals surface area contributed by atoms with E-state index in [2.05, 4.69) is 9.46 Å². The molecule has 9 heteroatoms. The van der Waals surface area contributed by atoms with Crippen LogP contribution >= 0.6 is 12.4 Å². The van der Waals surface area contributed by atoms with Gasteiger partial charge in [-0.05, 0) is 25.0 Å². The van der Waals surface area contributed by atoms with E-state index >= 15 is 0 Å². The lowest BCUT2D eigenvalue weighted by Gasteiger charge is -2.26. The molecule has 1 aromatic rings. The summed E-state index contributed by atoms with van der Waals surface area (Å²) in [6, 6.07) is 3.36. The average Bonchev–Trinajstić information content (AvgIpc) is 2.51. The van der Waals surface area contributed by atoms with Crippen LogP contribution in [-0.2, 0) is 14.8 Å². The second kappa shape index (κ2) is 8.58. The maximum Gasteiger partial charge on any atom is 0.342 e. The molecule has 0 aliphatic heterocycles. The Bertz CT molecular complexity index is 648. The minimum absolute atomic E-state index is 0. The molecular formula is C14H22ClFN2O4S. The molecule has 0 fully saturated rings. The zero-order valence-electron chi connectivity index (χ0n) is 13.3. The number of esters is 1. The van der Waals surface area contributed by atoms with Gasteiger partial charge >= 0.3 is 5.97 Å². The lowest BCUT2D eigenvalue weighted by Crippen LogP contribution is -2.49. The van der Waals surface area contributed by atoms with Gasteiger partial charge in [0.25, 0.3) is 0 Å². The molecule has 3 N–H and O–H groups in total. The Morgan fingerprint density at radius 3 is 2.39 bits per heavy atom. The molecule has 0 spiro atoms. The molecule has 0 amide bonds. The zero-order valence-corrected chi connectivity index (χ0v) is 14.9. The van der Waals surface area contributed by atoms with Crippen LogP contribution in [0.15, 0.2) is 23.1 Å². The molecule has 0 aliphatic rings. The van der Waals surface area contributed by atoms with Gasteiger partial charge in [0.05, 0.1) is 12.0 Å². The lowest BCUT2D eigenvalue weighted by atomic mass is 9.95. The molecule has 0 aliphatic carbocycles. The average molecular weight is 369 g/mol. The van der Waals surface area contributed by atoms with E-state index in [4.69, 9.17) is 5.73 Å². The number of rotatable bonds is 7. The van der Waals surface area contributed by atoms with Gasteiger partial charge in [-0.2, -0.15) is 0 Å². The fraction of sp³-hybridized carbons (Fsp3) is 0.500. The number of carbonyl (C=O) groups is 1. The molecule has 23 heavy (non-hydrogen) atoms. The second-order valence-corrected chi connectivity index (χ2v) is 6.73. The van der Waals surface area contributed by atoms with Gasteiger partial charge in [0.15, 0.2) is 0 Å². The first-order valence-corrected chi connectivity index (χ1v) is 8.34. The Labute approximate surface area is 142 Å². The van der Waals surface area contributed by atoms with Gasteiger partial charge in [-0.15, -0.1) is 12.4 Å². The van der Waals surface area contributed by atoms with Crippen LogP contribution in [0.2, 0.25) is 0 Å². The van der Waals surface area contributed by atoms with Gasteiger partial charge < -0.3 is 10.5 Å². The van der Waals surface area contributed by atoms with Crippen molar-refractivity contribution in [1.82, 2.24) is 4.72 Å². The third-order valence-corrected chi connectivity index (χ3v) is 5.12. The third kappa shape index (κ3) is 5.13. The van der Waals surface area contributed by atoms with Crippen molar-refractivity contribution < 1.29 is 22.3 Å². The molecular weight excluding hydrogens is 347 g/mol. The van der Waals surface area contributed by atoms with E-state index in [1.165, 1.54) is 6.07 Å². The van der Waals surface area contributed by atoms with Crippen molar-refractivity contribution in [3.05, 3.63) is 29.6 Å². The number of benzene rings is 1. The van der Waals surface area contributed by atoms with E-state index in [0.29, 0.717) is 12.8 Å². The largest absolute Gasteiger partial charge is 0.465 e. The van der Waals surface area contributed by atoms with Crippen molar-refractivity contribution >= 4 is 28.4 Å². The predicted molar refractivity (Wildman–Crippen MR) is 87.7 cm³/mol. The fourth-order valence-corrected chi connectivity index (χ4v) is 3.19. The number of hydrogen-bond acceptors (Lipinski definition) is 5. The quantitative estimate of drug-likeness (QED) is 0.715. The van der Waals surface area contributed by atoms with Gasteiger partial charge in [0.1, 0.15) is 11.4 Å². The number of nitrogens with two attached hydrogens (primary N) is 1. The molecule has 0 saturated heterocycles. The molecule has 0 saturated carbocycles. The van der Waals surface area contributed by atoms with Crippen LogP contribution in [-0.4, -0.2) is 33.6 Å². The Balaban J connectivity index is 0.00000484. The van der Waals surface area contributed by atoms with Crippen LogP contribution in [0.25, 0.3) is 0 Å². The summed E-state index contributed by atoms with van der Waals surface area (Å²) in [7, 11) is -3.04. The van der Waals surface area contributed by atoms with Gasteiger partial charge in [-0.25, -0.2) is 22.3 Å². The summed E-state index contributed by atoms with van der Waals surface area (Å²) in [6.07, 6.45) is 1.14. The summed E-state index contributed by atoms with van der Waals surface area (Å²) >= 11 is 0. The molecule has 0 aromatic heterocycles. The molecule has 132 valence electrons. The normalized spacial score (nSPS) is 11.7. The van der Waals surface area contributed by atoms with Crippen molar-refractivity contribution in [2.24, 2.45) is 5.73 Å². The molecule has 0 unspecified atom stereocenters. The highest BCUT2D eigenvalue weighted by Gasteiger charge is 2.29. The monoisotopic (exact) mass is 368 g/mol. The Morgan fingerprint density at radius 2 is 1.91 bits per heavy atom. The number of nitrogens with one attached hydrogen (secondary N) is 1. The maximum atomic E-state index is 13.8. The van der Waals surface area contributed by atoms with E-state index in [1.54, 1.807) is 0 Å². The molecule has 1 rings (SSSR count). The van der Waals surface area contributed by atoms with E-state index in [9.17, 15) is 17.6 Å². The minimum atomic E-state index is -4.09. The first kappa shape index (κ1) is 21.8. The summed E-state index contributed by atoms with van der Waals surface area (Å²) < 4.78 is 45.3. The van der Waals surface area contributed by atoms with Gasteiger partial charge in [0.2, 0.25) is 10.0 Å². The highest BCUT2D eigenvalue weighted by molar-refractivity contribution is 7.89. The first-order chi connectivity index (χ1) is 10.2. The van der Waals surface area contributed by atoms with E-state index in [1.807, 2.05) is 13.8 Å². The molecule has 0 bridgehead atoms. The molecule has 0 atom stereocenters. The fourth-order valence-electron chi connectivity index (χ4n) is 1.84. The first-order valence-electron chi connectivity index (χ1n) is 6.86.